The van der Waals surface area contributed by atoms with Gasteiger partial charge < -0.3 is 25.0 Å². The van der Waals surface area contributed by atoms with Crippen LogP contribution in [-0.4, -0.2) is 71.0 Å². The number of fused-ring (bicyclic) bond motifs is 4. The Hall–Kier alpha value is -3.20. The molecular formula is C25H32N8O. The molecule has 2 aliphatic heterocycles. The van der Waals surface area contributed by atoms with Gasteiger partial charge in [0, 0.05) is 50.6 Å². The largest absolute Gasteiger partial charge is 0.368 e. The number of hydrogen-bond donors (Lipinski definition) is 2. The van der Waals surface area contributed by atoms with Gasteiger partial charge in [0.25, 0.3) is 0 Å². The number of nitrogens with one attached hydrogen (secondary N) is 2. The Balaban J connectivity index is 1.30. The van der Waals surface area contributed by atoms with Gasteiger partial charge in [-0.15, -0.1) is 0 Å². The lowest BCUT2D eigenvalue weighted by Crippen LogP contribution is -2.44. The minimum atomic E-state index is -0.122. The summed E-state index contributed by atoms with van der Waals surface area (Å²) in [6, 6.07) is 4.10. The van der Waals surface area contributed by atoms with E-state index in [4.69, 9.17) is 4.98 Å². The number of amides is 1. The van der Waals surface area contributed by atoms with E-state index in [1.165, 1.54) is 12.0 Å². The zero-order valence-electron chi connectivity index (χ0n) is 20.0. The number of hydrogen-bond acceptors (Lipinski definition) is 7. The first-order valence-electron chi connectivity index (χ1n) is 12.3. The maximum absolute atomic E-state index is 12.8. The summed E-state index contributed by atoms with van der Waals surface area (Å²) in [5, 5.41) is 3.29. The highest BCUT2D eigenvalue weighted by Crippen LogP contribution is 2.51. The molecule has 0 bridgehead atoms. The molecule has 2 N–H and O–H groups in total. The summed E-state index contributed by atoms with van der Waals surface area (Å²) in [6.45, 7) is 4.16. The minimum Gasteiger partial charge on any atom is -0.368 e. The molecule has 34 heavy (non-hydrogen) atoms. The fourth-order valence-corrected chi connectivity index (χ4v) is 5.88. The topological polar surface area (TPSA) is 93.3 Å². The second kappa shape index (κ2) is 8.23. The van der Waals surface area contributed by atoms with Crippen LogP contribution < -0.4 is 15.1 Å². The Labute approximate surface area is 199 Å². The van der Waals surface area contributed by atoms with Crippen molar-refractivity contribution < 1.29 is 4.79 Å². The molecule has 1 spiro atoms. The summed E-state index contributed by atoms with van der Waals surface area (Å²) < 4.78 is 0. The van der Waals surface area contributed by atoms with Crippen molar-refractivity contribution in [1.29, 1.82) is 0 Å². The van der Waals surface area contributed by atoms with E-state index >= 15 is 0 Å². The quantitative estimate of drug-likeness (QED) is 0.619. The fraction of sp³-hybridized carbons (Fsp3) is 0.520. The maximum Gasteiger partial charge on any atom is 0.229 e. The van der Waals surface area contributed by atoms with Crippen LogP contribution in [0.1, 0.15) is 44.1 Å². The van der Waals surface area contributed by atoms with Gasteiger partial charge in [0.05, 0.1) is 29.1 Å². The lowest BCUT2D eigenvalue weighted by molar-refractivity contribution is -0.120. The summed E-state index contributed by atoms with van der Waals surface area (Å²) in [5.74, 6) is 2.31. The van der Waals surface area contributed by atoms with Crippen molar-refractivity contribution in [3.05, 3.63) is 30.1 Å². The van der Waals surface area contributed by atoms with Crippen LogP contribution in [-0.2, 0) is 10.2 Å². The van der Waals surface area contributed by atoms with Crippen molar-refractivity contribution in [3.8, 4) is 0 Å². The number of aromatic nitrogens is 4. The van der Waals surface area contributed by atoms with E-state index in [9.17, 15) is 4.79 Å². The number of H-pyrrole nitrogens is 1. The molecule has 9 heteroatoms. The average molecular weight is 461 g/mol. The van der Waals surface area contributed by atoms with E-state index in [0.717, 1.165) is 80.2 Å². The molecule has 1 saturated carbocycles. The molecule has 1 saturated heterocycles. The molecule has 5 heterocycles. The second-order valence-corrected chi connectivity index (χ2v) is 10.1. The van der Waals surface area contributed by atoms with Crippen molar-refractivity contribution in [1.82, 2.24) is 24.8 Å². The monoisotopic (exact) mass is 460 g/mol. The summed E-state index contributed by atoms with van der Waals surface area (Å²) in [5.41, 5.74) is 4.00. The van der Waals surface area contributed by atoms with Crippen LogP contribution in [0, 0.1) is 0 Å². The summed E-state index contributed by atoms with van der Waals surface area (Å²) in [4.78, 5) is 36.8. The molecule has 2 fully saturated rings. The molecule has 9 nitrogen and oxygen atoms in total. The van der Waals surface area contributed by atoms with Crippen LogP contribution in [0.15, 0.2) is 24.5 Å². The molecule has 3 aromatic heterocycles. The number of aromatic amines is 1. The Morgan fingerprint density at radius 1 is 1.00 bits per heavy atom. The van der Waals surface area contributed by atoms with Crippen LogP contribution in [0.5, 0.6) is 0 Å². The predicted molar refractivity (Wildman–Crippen MR) is 134 cm³/mol. The number of rotatable bonds is 3. The van der Waals surface area contributed by atoms with E-state index in [2.05, 4.69) is 43.2 Å². The third-order valence-corrected chi connectivity index (χ3v) is 7.91. The molecule has 0 aromatic carbocycles. The first-order chi connectivity index (χ1) is 16.5. The van der Waals surface area contributed by atoms with Gasteiger partial charge >= 0.3 is 0 Å². The van der Waals surface area contributed by atoms with Crippen molar-refractivity contribution in [2.45, 2.75) is 43.9 Å². The van der Waals surface area contributed by atoms with Crippen LogP contribution >= 0.6 is 0 Å². The average Bonchev–Trinajstić information content (AvgIpc) is 3.24. The standard InChI is InChI=1S/C25H32N8O/c1-31-10-12-33(13-11-31)17-6-7-19(26-15-17)29-24-27-16-18-22(30-24)21-23(28-18)32(2)20(34)14-25(21)8-4-3-5-9-25/h6-7,15-16,28H,3-5,8-14H2,1-2H3,(H,26,27,29,30). The molecule has 0 radical (unpaired) electrons. The van der Waals surface area contributed by atoms with Crippen molar-refractivity contribution in [3.63, 3.8) is 0 Å². The number of carbonyl (C=O) groups is 1. The van der Waals surface area contributed by atoms with Gasteiger partial charge in [0.2, 0.25) is 11.9 Å². The Bertz CT molecular complexity index is 1210. The van der Waals surface area contributed by atoms with Crippen molar-refractivity contribution >= 4 is 40.2 Å². The van der Waals surface area contributed by atoms with E-state index < -0.39 is 0 Å². The van der Waals surface area contributed by atoms with E-state index in [0.29, 0.717) is 12.4 Å². The van der Waals surface area contributed by atoms with Crippen molar-refractivity contribution in [2.24, 2.45) is 0 Å². The molecule has 1 amide bonds. The smallest absolute Gasteiger partial charge is 0.229 e. The number of nitrogens with zero attached hydrogens (tertiary/aromatic N) is 6. The normalized spacial score (nSPS) is 20.7. The minimum absolute atomic E-state index is 0.122. The highest BCUT2D eigenvalue weighted by molar-refractivity contribution is 6.02. The first-order valence-corrected chi connectivity index (χ1v) is 12.3. The van der Waals surface area contributed by atoms with Gasteiger partial charge in [-0.05, 0) is 32.0 Å². The van der Waals surface area contributed by atoms with E-state index in [1.807, 2.05) is 25.5 Å². The third-order valence-electron chi connectivity index (χ3n) is 7.91. The fourth-order valence-electron chi connectivity index (χ4n) is 5.88. The van der Waals surface area contributed by atoms with E-state index in [1.54, 1.807) is 4.90 Å². The molecule has 0 unspecified atom stereocenters. The lowest BCUT2D eigenvalue weighted by atomic mass is 9.66. The van der Waals surface area contributed by atoms with Gasteiger partial charge in [0.1, 0.15) is 11.6 Å². The zero-order valence-corrected chi connectivity index (χ0v) is 20.0. The maximum atomic E-state index is 12.8. The van der Waals surface area contributed by atoms with Gasteiger partial charge in [-0.1, -0.05) is 19.3 Å². The van der Waals surface area contributed by atoms with E-state index in [-0.39, 0.29) is 11.3 Å². The Kier molecular flexibility index (Phi) is 5.17. The van der Waals surface area contributed by atoms with Gasteiger partial charge in [-0.2, -0.15) is 0 Å². The molecule has 3 aromatic rings. The number of anilines is 4. The molecule has 178 valence electrons. The Morgan fingerprint density at radius 2 is 1.79 bits per heavy atom. The number of pyridine rings is 1. The number of carbonyl (C=O) groups excluding carboxylic acids is 1. The number of piperazine rings is 1. The molecular weight excluding hydrogens is 428 g/mol. The molecule has 0 atom stereocenters. The SMILES string of the molecule is CN1CCN(c2ccc(Nc3ncc4[nH]c5c(c4n3)C3(CCCCC3)CC(=O)N5C)nc2)CC1. The summed E-state index contributed by atoms with van der Waals surface area (Å²) in [6.07, 6.45) is 9.92. The molecule has 6 rings (SSSR count). The number of likely N-dealkylation sites (N-methyl/N-ethyl adjacent to an activating group) is 1. The third kappa shape index (κ3) is 3.58. The van der Waals surface area contributed by atoms with Crippen LogP contribution in [0.2, 0.25) is 0 Å². The summed E-state index contributed by atoms with van der Waals surface area (Å²) >= 11 is 0. The molecule has 1 aliphatic carbocycles. The van der Waals surface area contributed by atoms with Crippen molar-refractivity contribution in [2.75, 3.05) is 55.4 Å². The molecule has 3 aliphatic rings. The lowest BCUT2D eigenvalue weighted by Gasteiger charge is -2.42. The highest BCUT2D eigenvalue weighted by atomic mass is 16.2. The van der Waals surface area contributed by atoms with Gasteiger partial charge in [-0.3, -0.25) is 4.79 Å². The Morgan fingerprint density at radius 3 is 2.53 bits per heavy atom. The first kappa shape index (κ1) is 21.3. The van der Waals surface area contributed by atoms with Crippen LogP contribution in [0.3, 0.4) is 0 Å². The van der Waals surface area contributed by atoms with Crippen LogP contribution in [0.4, 0.5) is 23.3 Å². The summed E-state index contributed by atoms with van der Waals surface area (Å²) in [7, 11) is 4.01. The van der Waals surface area contributed by atoms with Gasteiger partial charge in [-0.25, -0.2) is 15.0 Å². The van der Waals surface area contributed by atoms with Gasteiger partial charge in [0.15, 0.2) is 0 Å². The second-order valence-electron chi connectivity index (χ2n) is 10.1. The van der Waals surface area contributed by atoms with Crippen LogP contribution in [0.25, 0.3) is 11.0 Å². The zero-order chi connectivity index (χ0) is 23.3. The predicted octanol–water partition coefficient (Wildman–Crippen LogP) is 3.42. The highest BCUT2D eigenvalue weighted by Gasteiger charge is 2.45.